The molecule has 1 saturated carbocycles. The molecule has 0 aromatic rings. The van der Waals surface area contributed by atoms with E-state index in [1.165, 1.54) is 25.7 Å². The van der Waals surface area contributed by atoms with Crippen LogP contribution in [0, 0.1) is 0 Å². The fourth-order valence-electron chi connectivity index (χ4n) is 2.61. The number of amides is 2. The zero-order valence-electron chi connectivity index (χ0n) is 12.2. The molecule has 1 rings (SSSR count). The topological polar surface area (TPSA) is 69.6 Å². The first-order valence-electron chi connectivity index (χ1n) is 7.08. The summed E-state index contributed by atoms with van der Waals surface area (Å²) in [7, 11) is 1.81. The monoisotopic (exact) mass is 270 g/mol. The Morgan fingerprint density at radius 3 is 2.21 bits per heavy atom. The van der Waals surface area contributed by atoms with Gasteiger partial charge in [-0.25, -0.2) is 4.79 Å². The number of carboxylic acids is 1. The molecule has 0 atom stereocenters. The normalized spacial score (nSPS) is 17.6. The minimum atomic E-state index is -0.901. The SMILES string of the molecule is CN(C(=O)NC(C)(C)CC(=O)O)C1CCCCCC1. The lowest BCUT2D eigenvalue weighted by Crippen LogP contribution is -2.52. The zero-order valence-corrected chi connectivity index (χ0v) is 12.2. The molecule has 0 aliphatic heterocycles. The Balaban J connectivity index is 2.53. The Morgan fingerprint density at radius 2 is 1.74 bits per heavy atom. The van der Waals surface area contributed by atoms with E-state index in [9.17, 15) is 9.59 Å². The summed E-state index contributed by atoms with van der Waals surface area (Å²) < 4.78 is 0. The van der Waals surface area contributed by atoms with Gasteiger partial charge < -0.3 is 15.3 Å². The van der Waals surface area contributed by atoms with Gasteiger partial charge in [-0.05, 0) is 26.7 Å². The van der Waals surface area contributed by atoms with Gasteiger partial charge in [0.15, 0.2) is 0 Å². The maximum Gasteiger partial charge on any atom is 0.317 e. The number of hydrogen-bond acceptors (Lipinski definition) is 2. The van der Waals surface area contributed by atoms with Crippen molar-refractivity contribution >= 4 is 12.0 Å². The van der Waals surface area contributed by atoms with Crippen molar-refractivity contribution in [2.75, 3.05) is 7.05 Å². The van der Waals surface area contributed by atoms with E-state index in [4.69, 9.17) is 5.11 Å². The summed E-state index contributed by atoms with van der Waals surface area (Å²) in [6.45, 7) is 3.47. The van der Waals surface area contributed by atoms with E-state index in [2.05, 4.69) is 5.32 Å². The first kappa shape index (κ1) is 15.8. The fourth-order valence-corrected chi connectivity index (χ4v) is 2.61. The van der Waals surface area contributed by atoms with Gasteiger partial charge in [-0.1, -0.05) is 25.7 Å². The number of hydrogen-bond donors (Lipinski definition) is 2. The molecule has 0 saturated heterocycles. The van der Waals surface area contributed by atoms with E-state index < -0.39 is 11.5 Å². The van der Waals surface area contributed by atoms with Crippen LogP contribution in [-0.2, 0) is 4.79 Å². The van der Waals surface area contributed by atoms with Crippen molar-refractivity contribution in [3.05, 3.63) is 0 Å². The standard InChI is InChI=1S/C14H26N2O3/c1-14(2,10-12(17)18)15-13(19)16(3)11-8-6-4-5-7-9-11/h11H,4-10H2,1-3H3,(H,15,19)(H,17,18). The highest BCUT2D eigenvalue weighted by Crippen LogP contribution is 2.21. The van der Waals surface area contributed by atoms with E-state index >= 15 is 0 Å². The van der Waals surface area contributed by atoms with E-state index in [1.54, 1.807) is 18.7 Å². The fraction of sp³-hybridized carbons (Fsp3) is 0.857. The van der Waals surface area contributed by atoms with Gasteiger partial charge in [0.1, 0.15) is 0 Å². The van der Waals surface area contributed by atoms with Gasteiger partial charge in [0.05, 0.1) is 6.42 Å². The molecule has 5 nitrogen and oxygen atoms in total. The number of nitrogens with zero attached hydrogens (tertiary/aromatic N) is 1. The summed E-state index contributed by atoms with van der Waals surface area (Å²) in [5.41, 5.74) is -0.720. The molecule has 1 aliphatic carbocycles. The summed E-state index contributed by atoms with van der Waals surface area (Å²) in [5, 5.41) is 11.6. The van der Waals surface area contributed by atoms with Crippen molar-refractivity contribution in [2.45, 2.75) is 70.4 Å². The molecule has 1 aliphatic rings. The molecular formula is C14H26N2O3. The van der Waals surface area contributed by atoms with Crippen LogP contribution >= 0.6 is 0 Å². The van der Waals surface area contributed by atoms with Crippen LogP contribution in [0.3, 0.4) is 0 Å². The molecule has 1 fully saturated rings. The van der Waals surface area contributed by atoms with Crippen LogP contribution in [0.25, 0.3) is 0 Å². The van der Waals surface area contributed by atoms with E-state index in [-0.39, 0.29) is 18.5 Å². The van der Waals surface area contributed by atoms with Gasteiger partial charge in [-0.3, -0.25) is 4.79 Å². The molecule has 2 amide bonds. The summed E-state index contributed by atoms with van der Waals surface area (Å²) in [5.74, 6) is -0.901. The average Bonchev–Trinajstić information content (AvgIpc) is 2.53. The lowest BCUT2D eigenvalue weighted by Gasteiger charge is -2.32. The van der Waals surface area contributed by atoms with E-state index in [1.807, 2.05) is 7.05 Å². The van der Waals surface area contributed by atoms with Gasteiger partial charge >= 0.3 is 12.0 Å². The minimum Gasteiger partial charge on any atom is -0.481 e. The molecule has 0 aromatic heterocycles. The molecule has 19 heavy (non-hydrogen) atoms. The van der Waals surface area contributed by atoms with Crippen molar-refractivity contribution in [3.63, 3.8) is 0 Å². The van der Waals surface area contributed by atoms with E-state index in [0.717, 1.165) is 12.8 Å². The molecule has 0 aromatic carbocycles. The molecule has 0 spiro atoms. The summed E-state index contributed by atoms with van der Waals surface area (Å²) in [6, 6.07) is 0.112. The third-order valence-corrected chi connectivity index (χ3v) is 3.73. The quantitative estimate of drug-likeness (QED) is 0.771. The highest BCUT2D eigenvalue weighted by Gasteiger charge is 2.28. The summed E-state index contributed by atoms with van der Waals surface area (Å²) in [6.07, 6.45) is 6.85. The molecular weight excluding hydrogens is 244 g/mol. The predicted molar refractivity (Wildman–Crippen MR) is 74.1 cm³/mol. The van der Waals surface area contributed by atoms with E-state index in [0.29, 0.717) is 0 Å². The highest BCUT2D eigenvalue weighted by molar-refractivity contribution is 5.76. The minimum absolute atomic E-state index is 0.0722. The second-order valence-corrected chi connectivity index (χ2v) is 6.14. The van der Waals surface area contributed by atoms with Crippen LogP contribution in [0.2, 0.25) is 0 Å². The first-order chi connectivity index (χ1) is 8.82. The second-order valence-electron chi connectivity index (χ2n) is 6.14. The highest BCUT2D eigenvalue weighted by atomic mass is 16.4. The van der Waals surface area contributed by atoms with Crippen LogP contribution in [0.5, 0.6) is 0 Å². The van der Waals surface area contributed by atoms with Crippen molar-refractivity contribution in [3.8, 4) is 0 Å². The molecule has 0 bridgehead atoms. The zero-order chi connectivity index (χ0) is 14.5. The number of aliphatic carboxylic acids is 1. The van der Waals surface area contributed by atoms with Gasteiger partial charge in [-0.2, -0.15) is 0 Å². The van der Waals surface area contributed by atoms with Gasteiger partial charge in [-0.15, -0.1) is 0 Å². The van der Waals surface area contributed by atoms with Crippen LogP contribution in [-0.4, -0.2) is 40.6 Å². The lowest BCUT2D eigenvalue weighted by molar-refractivity contribution is -0.138. The van der Waals surface area contributed by atoms with Gasteiger partial charge in [0.25, 0.3) is 0 Å². The largest absolute Gasteiger partial charge is 0.481 e. The maximum absolute atomic E-state index is 12.2. The number of carbonyl (C=O) groups is 2. The summed E-state index contributed by atoms with van der Waals surface area (Å²) in [4.78, 5) is 24.7. The Kier molecular flexibility index (Phi) is 5.63. The van der Waals surface area contributed by atoms with Crippen molar-refractivity contribution in [1.82, 2.24) is 10.2 Å². The maximum atomic E-state index is 12.2. The number of rotatable bonds is 4. The average molecular weight is 270 g/mol. The third kappa shape index (κ3) is 5.49. The third-order valence-electron chi connectivity index (χ3n) is 3.73. The van der Waals surface area contributed by atoms with Crippen LogP contribution in [0.1, 0.15) is 58.8 Å². The second kappa shape index (κ2) is 6.78. The molecule has 0 unspecified atom stereocenters. The van der Waals surface area contributed by atoms with Crippen molar-refractivity contribution in [1.29, 1.82) is 0 Å². The Hall–Kier alpha value is -1.26. The number of nitrogens with one attached hydrogen (secondary N) is 1. The molecule has 0 radical (unpaired) electrons. The van der Waals surface area contributed by atoms with Crippen molar-refractivity contribution in [2.24, 2.45) is 0 Å². The molecule has 110 valence electrons. The predicted octanol–water partition coefficient (Wildman–Crippen LogP) is 2.60. The number of carbonyl (C=O) groups excluding carboxylic acids is 1. The van der Waals surface area contributed by atoms with Gasteiger partial charge in [0, 0.05) is 18.6 Å². The first-order valence-corrected chi connectivity index (χ1v) is 7.08. The lowest BCUT2D eigenvalue weighted by atomic mass is 10.0. The van der Waals surface area contributed by atoms with Gasteiger partial charge in [0.2, 0.25) is 0 Å². The molecule has 2 N–H and O–H groups in total. The Morgan fingerprint density at radius 1 is 1.21 bits per heavy atom. The molecule has 5 heteroatoms. The Labute approximate surface area is 115 Å². The smallest absolute Gasteiger partial charge is 0.317 e. The number of carboxylic acid groups (broad SMARTS) is 1. The number of urea groups is 1. The molecule has 0 heterocycles. The van der Waals surface area contributed by atoms with Crippen LogP contribution in [0.15, 0.2) is 0 Å². The summed E-state index contributed by atoms with van der Waals surface area (Å²) >= 11 is 0. The van der Waals surface area contributed by atoms with Crippen LogP contribution < -0.4 is 5.32 Å². The van der Waals surface area contributed by atoms with Crippen LogP contribution in [0.4, 0.5) is 4.79 Å². The van der Waals surface area contributed by atoms with Crippen molar-refractivity contribution < 1.29 is 14.7 Å². The Bertz CT molecular complexity index is 321.